The second kappa shape index (κ2) is 8.84. The van der Waals surface area contributed by atoms with Crippen LogP contribution in [-0.4, -0.2) is 79.9 Å². The highest BCUT2D eigenvalue weighted by Gasteiger charge is 2.17. The molecule has 134 valence electrons. The Morgan fingerprint density at radius 2 is 1.92 bits per heavy atom. The van der Waals surface area contributed by atoms with Gasteiger partial charge in [-0.05, 0) is 31.2 Å². The maximum absolute atomic E-state index is 13.0. The molecule has 0 aliphatic carbocycles. The summed E-state index contributed by atoms with van der Waals surface area (Å²) in [5, 5.41) is 12.1. The lowest BCUT2D eigenvalue weighted by molar-refractivity contribution is 0.143. The van der Waals surface area contributed by atoms with E-state index in [2.05, 4.69) is 15.1 Å². The number of aliphatic hydroxyl groups is 1. The minimum absolute atomic E-state index is 0.166. The van der Waals surface area contributed by atoms with Gasteiger partial charge in [-0.2, -0.15) is 0 Å². The summed E-state index contributed by atoms with van der Waals surface area (Å²) in [6.07, 6.45) is -0.528. The van der Waals surface area contributed by atoms with E-state index in [4.69, 9.17) is 0 Å². The van der Waals surface area contributed by atoms with Crippen molar-refractivity contribution in [2.75, 3.05) is 57.8 Å². The normalized spacial score (nSPS) is 16.8. The van der Waals surface area contributed by atoms with E-state index in [9.17, 15) is 14.3 Å². The molecular formula is C17H27FN4O2. The Morgan fingerprint density at radius 3 is 2.50 bits per heavy atom. The smallest absolute Gasteiger partial charge is 0.317 e. The molecule has 1 aromatic carbocycles. The molecule has 2 rings (SSSR count). The number of aliphatic hydroxyl groups excluding tert-OH is 1. The van der Waals surface area contributed by atoms with Crippen LogP contribution in [0.15, 0.2) is 24.3 Å². The Kier molecular flexibility index (Phi) is 6.81. The fourth-order valence-electron chi connectivity index (χ4n) is 2.82. The van der Waals surface area contributed by atoms with Gasteiger partial charge in [0.1, 0.15) is 5.82 Å². The van der Waals surface area contributed by atoms with Crippen molar-refractivity contribution >= 4 is 11.7 Å². The van der Waals surface area contributed by atoms with Crippen molar-refractivity contribution in [3.8, 4) is 0 Å². The highest BCUT2D eigenvalue weighted by atomic mass is 19.1. The van der Waals surface area contributed by atoms with Gasteiger partial charge in [-0.25, -0.2) is 9.18 Å². The first-order valence-electron chi connectivity index (χ1n) is 8.35. The number of nitrogens with one attached hydrogen (secondary N) is 1. The van der Waals surface area contributed by atoms with Crippen LogP contribution in [-0.2, 0) is 0 Å². The highest BCUT2D eigenvalue weighted by Crippen LogP contribution is 2.16. The van der Waals surface area contributed by atoms with Gasteiger partial charge in [0.15, 0.2) is 0 Å². The van der Waals surface area contributed by atoms with E-state index >= 15 is 0 Å². The van der Waals surface area contributed by atoms with Crippen LogP contribution in [0.2, 0.25) is 0 Å². The van der Waals surface area contributed by atoms with E-state index in [1.54, 1.807) is 14.0 Å². The summed E-state index contributed by atoms with van der Waals surface area (Å²) >= 11 is 0. The highest BCUT2D eigenvalue weighted by molar-refractivity contribution is 5.73. The van der Waals surface area contributed by atoms with E-state index in [-0.39, 0.29) is 11.8 Å². The van der Waals surface area contributed by atoms with Gasteiger partial charge in [-0.3, -0.25) is 4.90 Å². The van der Waals surface area contributed by atoms with Crippen molar-refractivity contribution in [2.24, 2.45) is 0 Å². The number of amides is 2. The monoisotopic (exact) mass is 338 g/mol. The number of carbonyl (C=O) groups is 1. The van der Waals surface area contributed by atoms with Crippen molar-refractivity contribution in [3.63, 3.8) is 0 Å². The number of piperazine rings is 1. The van der Waals surface area contributed by atoms with E-state index in [1.165, 1.54) is 17.0 Å². The predicted octanol–water partition coefficient (Wildman–Crippen LogP) is 0.970. The van der Waals surface area contributed by atoms with E-state index < -0.39 is 6.10 Å². The van der Waals surface area contributed by atoms with Gasteiger partial charge >= 0.3 is 6.03 Å². The lowest BCUT2D eigenvalue weighted by Crippen LogP contribution is -2.49. The van der Waals surface area contributed by atoms with Crippen LogP contribution in [0, 0.1) is 5.82 Å². The average Bonchev–Trinajstić information content (AvgIpc) is 2.55. The molecular weight excluding hydrogens is 311 g/mol. The summed E-state index contributed by atoms with van der Waals surface area (Å²) in [6, 6.07) is 6.43. The Morgan fingerprint density at radius 1 is 1.29 bits per heavy atom. The maximum atomic E-state index is 13.0. The van der Waals surface area contributed by atoms with Gasteiger partial charge in [0.05, 0.1) is 6.10 Å². The molecule has 1 saturated heterocycles. The summed E-state index contributed by atoms with van der Waals surface area (Å²) in [5.41, 5.74) is 1.05. The van der Waals surface area contributed by atoms with Crippen molar-refractivity contribution < 1.29 is 14.3 Å². The summed E-state index contributed by atoms with van der Waals surface area (Å²) < 4.78 is 13.0. The van der Waals surface area contributed by atoms with Gasteiger partial charge in [0.2, 0.25) is 0 Å². The second-order valence-corrected chi connectivity index (χ2v) is 6.27. The van der Waals surface area contributed by atoms with E-state index in [0.717, 1.165) is 38.4 Å². The number of rotatable bonds is 6. The molecule has 0 radical (unpaired) electrons. The molecule has 1 aliphatic rings. The molecule has 1 aliphatic heterocycles. The summed E-state index contributed by atoms with van der Waals surface area (Å²) in [7, 11) is 1.67. The Labute approximate surface area is 142 Å². The lowest BCUT2D eigenvalue weighted by atomic mass is 10.2. The number of benzene rings is 1. The summed E-state index contributed by atoms with van der Waals surface area (Å²) in [6.45, 7) is 6.97. The molecule has 0 spiro atoms. The molecule has 7 heteroatoms. The zero-order chi connectivity index (χ0) is 17.5. The van der Waals surface area contributed by atoms with E-state index in [0.29, 0.717) is 13.1 Å². The molecule has 1 fully saturated rings. The number of carbonyl (C=O) groups excluding carboxylic acids is 1. The third-order valence-electron chi connectivity index (χ3n) is 4.15. The fraction of sp³-hybridized carbons (Fsp3) is 0.588. The zero-order valence-electron chi connectivity index (χ0n) is 14.4. The molecule has 2 N–H and O–H groups in total. The van der Waals surface area contributed by atoms with Gasteiger partial charge in [-0.15, -0.1) is 0 Å². The van der Waals surface area contributed by atoms with Crippen LogP contribution in [0.1, 0.15) is 6.92 Å². The third kappa shape index (κ3) is 5.65. The molecule has 2 amide bonds. The van der Waals surface area contributed by atoms with Crippen LogP contribution >= 0.6 is 0 Å². The number of hydrogen-bond donors (Lipinski definition) is 2. The average molecular weight is 338 g/mol. The SMILES string of the molecule is CC(O)CN(C)C(=O)NCCN1CCN(c2ccc(F)cc2)CC1. The number of urea groups is 1. The summed E-state index contributed by atoms with van der Waals surface area (Å²) in [5.74, 6) is -0.214. The van der Waals surface area contributed by atoms with Gasteiger partial charge in [0.25, 0.3) is 0 Å². The second-order valence-electron chi connectivity index (χ2n) is 6.27. The Bertz CT molecular complexity index is 516. The molecule has 6 nitrogen and oxygen atoms in total. The maximum Gasteiger partial charge on any atom is 0.317 e. The molecule has 24 heavy (non-hydrogen) atoms. The van der Waals surface area contributed by atoms with Crippen LogP contribution in [0.25, 0.3) is 0 Å². The number of halogens is 1. The lowest BCUT2D eigenvalue weighted by Gasteiger charge is -2.36. The third-order valence-corrected chi connectivity index (χ3v) is 4.15. The largest absolute Gasteiger partial charge is 0.392 e. The predicted molar refractivity (Wildman–Crippen MR) is 92.8 cm³/mol. The fourth-order valence-corrected chi connectivity index (χ4v) is 2.82. The van der Waals surface area contributed by atoms with Crippen molar-refractivity contribution in [1.29, 1.82) is 0 Å². The first-order chi connectivity index (χ1) is 11.5. The minimum Gasteiger partial charge on any atom is -0.392 e. The molecule has 1 aromatic rings. The van der Waals surface area contributed by atoms with Gasteiger partial charge in [0, 0.05) is 58.5 Å². The quantitative estimate of drug-likeness (QED) is 0.812. The van der Waals surface area contributed by atoms with Crippen LogP contribution in [0.4, 0.5) is 14.9 Å². The molecule has 0 aromatic heterocycles. The van der Waals surface area contributed by atoms with Crippen molar-refractivity contribution in [2.45, 2.75) is 13.0 Å². The van der Waals surface area contributed by atoms with Crippen molar-refractivity contribution in [3.05, 3.63) is 30.1 Å². The Balaban J connectivity index is 1.66. The minimum atomic E-state index is -0.528. The molecule has 1 heterocycles. The van der Waals surface area contributed by atoms with Crippen LogP contribution in [0.5, 0.6) is 0 Å². The number of likely N-dealkylation sites (N-methyl/N-ethyl adjacent to an activating group) is 1. The van der Waals surface area contributed by atoms with Gasteiger partial charge < -0.3 is 20.2 Å². The van der Waals surface area contributed by atoms with Crippen molar-refractivity contribution in [1.82, 2.24) is 15.1 Å². The number of nitrogens with zero attached hydrogens (tertiary/aromatic N) is 3. The Hall–Kier alpha value is -1.86. The number of anilines is 1. The van der Waals surface area contributed by atoms with Gasteiger partial charge in [-0.1, -0.05) is 0 Å². The van der Waals surface area contributed by atoms with Crippen LogP contribution < -0.4 is 10.2 Å². The number of hydrogen-bond acceptors (Lipinski definition) is 4. The molecule has 0 saturated carbocycles. The molecule has 1 unspecified atom stereocenters. The zero-order valence-corrected chi connectivity index (χ0v) is 14.4. The van der Waals surface area contributed by atoms with Crippen LogP contribution in [0.3, 0.4) is 0 Å². The first-order valence-corrected chi connectivity index (χ1v) is 8.35. The molecule has 1 atom stereocenters. The first kappa shape index (κ1) is 18.5. The summed E-state index contributed by atoms with van der Waals surface area (Å²) in [4.78, 5) is 17.9. The van der Waals surface area contributed by atoms with E-state index in [1.807, 2.05) is 12.1 Å². The standard InChI is InChI=1S/C17H27FN4O2/c1-14(23)13-20(2)17(24)19-7-8-21-9-11-22(12-10-21)16-5-3-15(18)4-6-16/h3-6,14,23H,7-13H2,1-2H3,(H,19,24). The topological polar surface area (TPSA) is 59.1 Å². The molecule has 0 bridgehead atoms.